The average molecular weight is 795 g/mol. The fourth-order valence-corrected chi connectivity index (χ4v) is 9.38. The largest absolute Gasteiger partial charge is 0.450 e. The van der Waals surface area contributed by atoms with E-state index in [0.717, 1.165) is 45.3 Å². The van der Waals surface area contributed by atoms with Gasteiger partial charge in [0.1, 0.15) is 0 Å². The molecule has 2 heterocycles. The van der Waals surface area contributed by atoms with Gasteiger partial charge in [0.2, 0.25) is 0 Å². The van der Waals surface area contributed by atoms with Crippen molar-refractivity contribution in [2.75, 3.05) is 10.2 Å². The molecule has 10 aromatic carbocycles. The number of anilines is 5. The van der Waals surface area contributed by atoms with Crippen LogP contribution in [0.15, 0.2) is 206 Å². The third kappa shape index (κ3) is 6.17. The number of nitrogens with zero attached hydrogens (tertiary/aromatic N) is 1. The quantitative estimate of drug-likeness (QED) is 0.170. The lowest BCUT2D eigenvalue weighted by molar-refractivity contribution is 0.360. The van der Waals surface area contributed by atoms with Crippen LogP contribution in [0.4, 0.5) is 28.4 Å². The fraction of sp³-hybridized carbons (Fsp3) is 0.0175. The minimum absolute atomic E-state index is 0.693. The Labute approximate surface area is 361 Å². The highest BCUT2D eigenvalue weighted by atomic mass is 16.6. The van der Waals surface area contributed by atoms with Gasteiger partial charge in [0.05, 0.1) is 0 Å². The van der Waals surface area contributed by atoms with Crippen LogP contribution >= 0.6 is 0 Å². The molecule has 0 aliphatic carbocycles. The number of aryl methyl sites for hydroxylation is 1. The van der Waals surface area contributed by atoms with E-state index in [1.807, 2.05) is 24.3 Å². The summed E-state index contributed by atoms with van der Waals surface area (Å²) in [5.74, 6) is 2.85. The van der Waals surface area contributed by atoms with E-state index >= 15 is 0 Å². The Kier molecular flexibility index (Phi) is 8.46. The molecular formula is C57H39BN2O2. The lowest BCUT2D eigenvalue weighted by Crippen LogP contribution is -2.41. The molecular weight excluding hydrogens is 755 g/mol. The van der Waals surface area contributed by atoms with Crippen LogP contribution in [0.1, 0.15) is 5.56 Å². The minimum Gasteiger partial charge on any atom is -0.450 e. The third-order valence-corrected chi connectivity index (χ3v) is 12.4. The van der Waals surface area contributed by atoms with Gasteiger partial charge in [0.15, 0.2) is 30.3 Å². The van der Waals surface area contributed by atoms with Crippen molar-refractivity contribution in [3.8, 4) is 56.4 Å². The van der Waals surface area contributed by atoms with E-state index in [0.29, 0.717) is 18.8 Å². The second kappa shape index (κ2) is 14.6. The Morgan fingerprint density at radius 3 is 1.71 bits per heavy atom. The van der Waals surface area contributed by atoms with Gasteiger partial charge in [0, 0.05) is 45.5 Å². The van der Waals surface area contributed by atoms with Gasteiger partial charge in [-0.2, -0.15) is 0 Å². The topological polar surface area (TPSA) is 33.7 Å². The maximum Gasteiger partial charge on any atom is 0.198 e. The molecule has 0 saturated carbocycles. The predicted molar refractivity (Wildman–Crippen MR) is 260 cm³/mol. The molecule has 292 valence electrons. The summed E-state index contributed by atoms with van der Waals surface area (Å²) in [4.78, 5) is 2.48. The van der Waals surface area contributed by atoms with Crippen molar-refractivity contribution in [2.45, 2.75) is 6.92 Å². The highest BCUT2D eigenvalue weighted by Crippen LogP contribution is 2.50. The van der Waals surface area contributed by atoms with Crippen LogP contribution in [0.2, 0.25) is 0 Å². The van der Waals surface area contributed by atoms with Crippen molar-refractivity contribution in [3.63, 3.8) is 0 Å². The van der Waals surface area contributed by atoms with Crippen LogP contribution in [0.5, 0.6) is 23.0 Å². The summed E-state index contributed by atoms with van der Waals surface area (Å²) < 4.78 is 13.2. The Bertz CT molecular complexity index is 3370. The Morgan fingerprint density at radius 1 is 0.435 bits per heavy atom. The van der Waals surface area contributed by atoms with Gasteiger partial charge in [-0.05, 0) is 123 Å². The first-order chi connectivity index (χ1) is 30.6. The summed E-state index contributed by atoms with van der Waals surface area (Å²) in [6.07, 6.45) is 0. The summed E-state index contributed by atoms with van der Waals surface area (Å²) in [5.41, 5.74) is 16.1. The molecule has 62 heavy (non-hydrogen) atoms. The molecule has 0 atom stereocenters. The number of fused-ring (bicyclic) bond motifs is 7. The van der Waals surface area contributed by atoms with Gasteiger partial charge in [-0.25, -0.2) is 0 Å². The van der Waals surface area contributed by atoms with Gasteiger partial charge in [-0.1, -0.05) is 145 Å². The third-order valence-electron chi connectivity index (χ3n) is 12.4. The van der Waals surface area contributed by atoms with Crippen LogP contribution < -0.4 is 30.6 Å². The van der Waals surface area contributed by atoms with Gasteiger partial charge < -0.3 is 19.7 Å². The van der Waals surface area contributed by atoms with Crippen LogP contribution in [-0.2, 0) is 0 Å². The van der Waals surface area contributed by atoms with Gasteiger partial charge in [0.25, 0.3) is 0 Å². The summed E-state index contributed by atoms with van der Waals surface area (Å²) in [6, 6.07) is 73.5. The van der Waals surface area contributed by atoms with Crippen molar-refractivity contribution in [2.24, 2.45) is 0 Å². The zero-order valence-corrected chi connectivity index (χ0v) is 34.1. The molecule has 0 unspecified atom stereocenters. The standard InChI is InChI=1S/C57H39BN2O2/c1-36-30-42(38-16-6-3-7-17-38)26-29-50(36)60-51-35-55-54(61-52-22-12-13-23-53(52)62-55)34-48(51)58-56-47(32-43-20-10-11-21-45(43)57(56)60)46-31-40-18-8-9-19-41(40)33-49(46)59-44-27-24-39(25-28-44)37-14-4-2-5-15-37/h2-35,58-59H,1H3. The monoisotopic (exact) mass is 794 g/mol. The number of hydrogen-bond acceptors (Lipinski definition) is 4. The van der Waals surface area contributed by atoms with Crippen molar-refractivity contribution in [1.29, 1.82) is 0 Å². The molecule has 0 saturated heterocycles. The van der Waals surface area contributed by atoms with Gasteiger partial charge in [-0.3, -0.25) is 0 Å². The van der Waals surface area contributed by atoms with Crippen molar-refractivity contribution < 1.29 is 9.47 Å². The molecule has 2 aliphatic heterocycles. The molecule has 0 spiro atoms. The van der Waals surface area contributed by atoms with Gasteiger partial charge >= 0.3 is 0 Å². The molecule has 4 nitrogen and oxygen atoms in total. The van der Waals surface area contributed by atoms with Crippen LogP contribution in [0.25, 0.3) is 54.9 Å². The van der Waals surface area contributed by atoms with E-state index in [1.54, 1.807) is 0 Å². The molecule has 2 aliphatic rings. The number of hydrogen-bond donors (Lipinski definition) is 1. The highest BCUT2D eigenvalue weighted by Gasteiger charge is 2.33. The minimum atomic E-state index is 0.693. The summed E-state index contributed by atoms with van der Waals surface area (Å²) >= 11 is 0. The van der Waals surface area contributed by atoms with E-state index in [2.05, 4.69) is 199 Å². The molecule has 1 N–H and O–H groups in total. The molecule has 0 radical (unpaired) electrons. The van der Waals surface area contributed by atoms with Crippen molar-refractivity contribution >= 4 is 68.2 Å². The second-order valence-corrected chi connectivity index (χ2v) is 16.2. The second-order valence-electron chi connectivity index (χ2n) is 16.2. The van der Waals surface area contributed by atoms with Crippen LogP contribution in [0.3, 0.4) is 0 Å². The number of benzene rings is 10. The SMILES string of the molecule is Cc1cc(-c2ccccc2)ccc1N1c2cc3c(cc2Bc2c(-c4cc5ccccc5cc4Nc4ccc(-c5ccccc5)cc4)cc4ccccc4c21)Oc1ccccc1O3. The summed E-state index contributed by atoms with van der Waals surface area (Å²) in [7, 11) is 0.693. The molecule has 0 bridgehead atoms. The summed E-state index contributed by atoms with van der Waals surface area (Å²) in [5, 5.41) is 8.62. The Balaban J connectivity index is 1.08. The van der Waals surface area contributed by atoms with Crippen molar-refractivity contribution in [1.82, 2.24) is 0 Å². The average Bonchev–Trinajstić information content (AvgIpc) is 3.32. The summed E-state index contributed by atoms with van der Waals surface area (Å²) in [6.45, 7) is 2.23. The lowest BCUT2D eigenvalue weighted by Gasteiger charge is -2.37. The molecule has 0 aromatic heterocycles. The smallest absolute Gasteiger partial charge is 0.198 e. The van der Waals surface area contributed by atoms with E-state index in [-0.39, 0.29) is 0 Å². The van der Waals surface area contributed by atoms with Gasteiger partial charge in [-0.15, -0.1) is 0 Å². The Hall–Kier alpha value is -8.02. The normalized spacial score (nSPS) is 12.3. The van der Waals surface area contributed by atoms with E-state index in [4.69, 9.17) is 9.47 Å². The molecule has 0 amide bonds. The van der Waals surface area contributed by atoms with E-state index in [1.165, 1.54) is 66.1 Å². The molecule has 10 aromatic rings. The zero-order valence-electron chi connectivity index (χ0n) is 34.1. The first-order valence-corrected chi connectivity index (χ1v) is 21.2. The Morgan fingerprint density at radius 2 is 1.00 bits per heavy atom. The fourth-order valence-electron chi connectivity index (χ4n) is 9.38. The van der Waals surface area contributed by atoms with E-state index < -0.39 is 0 Å². The first kappa shape index (κ1) is 35.9. The highest BCUT2D eigenvalue weighted by molar-refractivity contribution is 6.74. The first-order valence-electron chi connectivity index (χ1n) is 21.2. The van der Waals surface area contributed by atoms with E-state index in [9.17, 15) is 0 Å². The molecule has 0 fully saturated rings. The molecule has 12 rings (SSSR count). The maximum absolute atomic E-state index is 6.59. The maximum atomic E-state index is 6.59. The van der Waals surface area contributed by atoms with Crippen LogP contribution in [-0.4, -0.2) is 7.28 Å². The van der Waals surface area contributed by atoms with Crippen LogP contribution in [0, 0.1) is 6.92 Å². The molecule has 5 heteroatoms. The number of ether oxygens (including phenoxy) is 2. The predicted octanol–water partition coefficient (Wildman–Crippen LogP) is 14.1. The lowest BCUT2D eigenvalue weighted by atomic mass is 9.57. The zero-order chi connectivity index (χ0) is 41.1. The number of para-hydroxylation sites is 2. The number of nitrogens with one attached hydrogen (secondary N) is 1. The number of rotatable bonds is 6. The van der Waals surface area contributed by atoms with Crippen molar-refractivity contribution in [3.05, 3.63) is 212 Å².